The molecule has 2 rings (SSSR count). The highest BCUT2D eigenvalue weighted by atomic mass is 16.5. The predicted molar refractivity (Wildman–Crippen MR) is 88.4 cm³/mol. The summed E-state index contributed by atoms with van der Waals surface area (Å²) in [5.74, 6) is 0.875. The van der Waals surface area contributed by atoms with Crippen molar-refractivity contribution in [1.82, 2.24) is 4.90 Å². The zero-order valence-corrected chi connectivity index (χ0v) is 13.3. The van der Waals surface area contributed by atoms with Gasteiger partial charge in [0.15, 0.2) is 0 Å². The van der Waals surface area contributed by atoms with Crippen molar-refractivity contribution in [1.29, 1.82) is 0 Å². The van der Waals surface area contributed by atoms with E-state index in [4.69, 9.17) is 10.5 Å². The Bertz CT molecular complexity index is 589. The summed E-state index contributed by atoms with van der Waals surface area (Å²) in [6.45, 7) is 2.93. The molecule has 3 heteroatoms. The van der Waals surface area contributed by atoms with Gasteiger partial charge in [0.1, 0.15) is 5.75 Å². The number of nitrogens with zero attached hydrogens (tertiary/aromatic N) is 1. The van der Waals surface area contributed by atoms with Crippen LogP contribution in [0.15, 0.2) is 42.5 Å². The fraction of sp³-hybridized carbons (Fsp3) is 0.333. The van der Waals surface area contributed by atoms with Crippen molar-refractivity contribution in [2.24, 2.45) is 5.73 Å². The Morgan fingerprint density at radius 1 is 1.10 bits per heavy atom. The van der Waals surface area contributed by atoms with Crippen LogP contribution in [0.3, 0.4) is 0 Å². The van der Waals surface area contributed by atoms with Gasteiger partial charge in [-0.3, -0.25) is 0 Å². The van der Waals surface area contributed by atoms with Crippen LogP contribution in [-0.4, -0.2) is 26.1 Å². The highest BCUT2D eigenvalue weighted by Crippen LogP contribution is 2.32. The van der Waals surface area contributed by atoms with Crippen LogP contribution in [0.25, 0.3) is 11.1 Å². The first-order valence-electron chi connectivity index (χ1n) is 7.19. The van der Waals surface area contributed by atoms with Gasteiger partial charge in [0.2, 0.25) is 0 Å². The van der Waals surface area contributed by atoms with Gasteiger partial charge < -0.3 is 15.4 Å². The van der Waals surface area contributed by atoms with Crippen LogP contribution in [-0.2, 0) is 6.54 Å². The largest absolute Gasteiger partial charge is 0.496 e. The second-order valence-electron chi connectivity index (χ2n) is 5.68. The minimum atomic E-state index is 0.0164. The molecular weight excluding hydrogens is 260 g/mol. The number of rotatable bonds is 5. The average Bonchev–Trinajstić information content (AvgIpc) is 2.46. The summed E-state index contributed by atoms with van der Waals surface area (Å²) in [5.41, 5.74) is 10.6. The number of hydrogen-bond donors (Lipinski definition) is 1. The van der Waals surface area contributed by atoms with E-state index in [0.29, 0.717) is 0 Å². The third-order valence-electron chi connectivity index (χ3n) is 3.51. The molecule has 0 saturated heterocycles. The van der Waals surface area contributed by atoms with Gasteiger partial charge in [0, 0.05) is 18.2 Å². The Labute approximate surface area is 127 Å². The zero-order valence-electron chi connectivity index (χ0n) is 13.3. The maximum absolute atomic E-state index is 5.98. The Hall–Kier alpha value is -1.84. The minimum Gasteiger partial charge on any atom is -0.496 e. The number of hydrogen-bond acceptors (Lipinski definition) is 3. The SMILES string of the molecule is COc1ccc(C(C)N)cc1-c1ccc(CN(C)C)cc1. The van der Waals surface area contributed by atoms with Gasteiger partial charge in [-0.2, -0.15) is 0 Å². The fourth-order valence-corrected chi connectivity index (χ4v) is 2.39. The van der Waals surface area contributed by atoms with Crippen molar-refractivity contribution in [3.63, 3.8) is 0 Å². The molecule has 0 aromatic heterocycles. The Kier molecular flexibility index (Phi) is 4.99. The molecule has 2 N–H and O–H groups in total. The van der Waals surface area contributed by atoms with E-state index in [9.17, 15) is 0 Å². The number of benzene rings is 2. The molecule has 0 radical (unpaired) electrons. The maximum atomic E-state index is 5.98. The van der Waals surface area contributed by atoms with Crippen LogP contribution in [0.2, 0.25) is 0 Å². The summed E-state index contributed by atoms with van der Waals surface area (Å²) in [7, 11) is 5.84. The van der Waals surface area contributed by atoms with E-state index in [1.807, 2.05) is 19.1 Å². The molecule has 1 unspecified atom stereocenters. The summed E-state index contributed by atoms with van der Waals surface area (Å²) < 4.78 is 5.48. The van der Waals surface area contributed by atoms with E-state index in [0.717, 1.165) is 29.0 Å². The van der Waals surface area contributed by atoms with Crippen molar-refractivity contribution in [2.45, 2.75) is 19.5 Å². The molecule has 0 aliphatic rings. The monoisotopic (exact) mass is 284 g/mol. The van der Waals surface area contributed by atoms with E-state index in [2.05, 4.69) is 49.3 Å². The summed E-state index contributed by atoms with van der Waals surface area (Å²) in [5, 5.41) is 0. The second kappa shape index (κ2) is 6.74. The first-order chi connectivity index (χ1) is 10.0. The highest BCUT2D eigenvalue weighted by Gasteiger charge is 2.09. The van der Waals surface area contributed by atoms with E-state index < -0.39 is 0 Å². The first-order valence-corrected chi connectivity index (χ1v) is 7.19. The summed E-state index contributed by atoms with van der Waals surface area (Å²) in [4.78, 5) is 2.16. The molecular formula is C18H24N2O. The molecule has 112 valence electrons. The number of ether oxygens (including phenoxy) is 1. The second-order valence-corrected chi connectivity index (χ2v) is 5.68. The van der Waals surface area contributed by atoms with E-state index in [-0.39, 0.29) is 6.04 Å². The van der Waals surface area contributed by atoms with Gasteiger partial charge in [-0.1, -0.05) is 30.3 Å². The third kappa shape index (κ3) is 3.84. The van der Waals surface area contributed by atoms with Crippen molar-refractivity contribution in [2.75, 3.05) is 21.2 Å². The quantitative estimate of drug-likeness (QED) is 0.914. The molecule has 2 aromatic rings. The van der Waals surface area contributed by atoms with Gasteiger partial charge in [-0.05, 0) is 49.8 Å². The smallest absolute Gasteiger partial charge is 0.126 e. The van der Waals surface area contributed by atoms with Crippen LogP contribution in [0, 0.1) is 0 Å². The first kappa shape index (κ1) is 15.5. The predicted octanol–water partition coefficient (Wildman–Crippen LogP) is 3.44. The third-order valence-corrected chi connectivity index (χ3v) is 3.51. The Morgan fingerprint density at radius 2 is 1.76 bits per heavy atom. The highest BCUT2D eigenvalue weighted by molar-refractivity contribution is 5.71. The average molecular weight is 284 g/mol. The molecule has 3 nitrogen and oxygen atoms in total. The molecule has 0 fully saturated rings. The lowest BCUT2D eigenvalue weighted by atomic mass is 9.98. The summed E-state index contributed by atoms with van der Waals surface area (Å²) in [6, 6.07) is 14.7. The van der Waals surface area contributed by atoms with Crippen LogP contribution in [0.1, 0.15) is 24.1 Å². The van der Waals surface area contributed by atoms with Crippen molar-refractivity contribution in [3.8, 4) is 16.9 Å². The van der Waals surface area contributed by atoms with Crippen molar-refractivity contribution >= 4 is 0 Å². The molecule has 0 bridgehead atoms. The fourth-order valence-electron chi connectivity index (χ4n) is 2.39. The lowest BCUT2D eigenvalue weighted by Crippen LogP contribution is -2.10. The van der Waals surface area contributed by atoms with Crippen LogP contribution < -0.4 is 10.5 Å². The Morgan fingerprint density at radius 3 is 2.29 bits per heavy atom. The van der Waals surface area contributed by atoms with Gasteiger partial charge >= 0.3 is 0 Å². The van der Waals surface area contributed by atoms with Crippen LogP contribution >= 0.6 is 0 Å². The van der Waals surface area contributed by atoms with E-state index >= 15 is 0 Å². The molecule has 0 saturated carbocycles. The zero-order chi connectivity index (χ0) is 15.4. The van der Waals surface area contributed by atoms with Crippen LogP contribution in [0.5, 0.6) is 5.75 Å². The normalized spacial score (nSPS) is 12.5. The van der Waals surface area contributed by atoms with E-state index in [1.165, 1.54) is 5.56 Å². The number of methoxy groups -OCH3 is 1. The van der Waals surface area contributed by atoms with Gasteiger partial charge in [-0.15, -0.1) is 0 Å². The summed E-state index contributed by atoms with van der Waals surface area (Å²) >= 11 is 0. The molecule has 1 atom stereocenters. The molecule has 0 heterocycles. The standard InChI is InChI=1S/C18H24N2O/c1-13(19)16-9-10-18(21-4)17(11-16)15-7-5-14(6-8-15)12-20(2)3/h5-11,13H,12,19H2,1-4H3. The lowest BCUT2D eigenvalue weighted by Gasteiger charge is -2.14. The molecule has 0 amide bonds. The van der Waals surface area contributed by atoms with Gasteiger partial charge in [0.05, 0.1) is 7.11 Å². The lowest BCUT2D eigenvalue weighted by molar-refractivity contribution is 0.402. The van der Waals surface area contributed by atoms with Crippen molar-refractivity contribution in [3.05, 3.63) is 53.6 Å². The molecule has 0 spiro atoms. The van der Waals surface area contributed by atoms with E-state index in [1.54, 1.807) is 7.11 Å². The minimum absolute atomic E-state index is 0.0164. The molecule has 21 heavy (non-hydrogen) atoms. The number of nitrogens with two attached hydrogens (primary N) is 1. The molecule has 0 aliphatic carbocycles. The maximum Gasteiger partial charge on any atom is 0.126 e. The summed E-state index contributed by atoms with van der Waals surface area (Å²) in [6.07, 6.45) is 0. The molecule has 2 aromatic carbocycles. The van der Waals surface area contributed by atoms with Gasteiger partial charge in [-0.25, -0.2) is 0 Å². The Balaban J connectivity index is 2.37. The van der Waals surface area contributed by atoms with Crippen LogP contribution in [0.4, 0.5) is 0 Å². The topological polar surface area (TPSA) is 38.5 Å². The molecule has 0 aliphatic heterocycles. The van der Waals surface area contributed by atoms with Crippen molar-refractivity contribution < 1.29 is 4.74 Å². The van der Waals surface area contributed by atoms with Gasteiger partial charge in [0.25, 0.3) is 0 Å².